The van der Waals surface area contributed by atoms with Crippen LogP contribution < -0.4 is 5.32 Å². The number of benzene rings is 1. The number of amides is 1. The van der Waals surface area contributed by atoms with E-state index in [4.69, 9.17) is 4.74 Å². The van der Waals surface area contributed by atoms with Crippen molar-refractivity contribution in [2.24, 2.45) is 5.92 Å². The third kappa shape index (κ3) is 6.32. The fourth-order valence-electron chi connectivity index (χ4n) is 3.09. The summed E-state index contributed by atoms with van der Waals surface area (Å²) in [4.78, 5) is 24.3. The molecule has 2 atom stereocenters. The van der Waals surface area contributed by atoms with Crippen molar-refractivity contribution in [2.75, 3.05) is 6.54 Å². The molecule has 26 heavy (non-hydrogen) atoms. The third-order valence-electron chi connectivity index (χ3n) is 4.20. The van der Waals surface area contributed by atoms with E-state index >= 15 is 0 Å². The lowest BCUT2D eigenvalue weighted by molar-refractivity contribution is -0.144. The van der Waals surface area contributed by atoms with E-state index in [0.29, 0.717) is 5.56 Å². The Morgan fingerprint density at radius 2 is 1.96 bits per heavy atom. The van der Waals surface area contributed by atoms with E-state index in [9.17, 15) is 19.1 Å². The number of hydrogen-bond acceptors (Lipinski definition) is 3. The van der Waals surface area contributed by atoms with Crippen molar-refractivity contribution in [2.45, 2.75) is 64.9 Å². The van der Waals surface area contributed by atoms with Crippen molar-refractivity contribution >= 4 is 12.1 Å². The Kier molecular flexibility index (Phi) is 7.60. The van der Waals surface area contributed by atoms with Gasteiger partial charge in [-0.05, 0) is 50.8 Å². The molecule has 0 saturated carbocycles. The summed E-state index contributed by atoms with van der Waals surface area (Å²) in [5.74, 6) is -1.50. The Morgan fingerprint density at radius 3 is 2.46 bits per heavy atom. The predicted octanol–water partition coefficient (Wildman–Crippen LogP) is 4.50. The van der Waals surface area contributed by atoms with E-state index in [0.717, 1.165) is 12.8 Å². The average Bonchev–Trinajstić information content (AvgIpc) is 2.49. The number of aliphatic carboxylic acids is 1. The first-order valence-electron chi connectivity index (χ1n) is 8.96. The summed E-state index contributed by atoms with van der Waals surface area (Å²) < 4.78 is 19.0. The fourth-order valence-corrected chi connectivity index (χ4v) is 3.09. The molecule has 0 aromatic heterocycles. The maximum Gasteiger partial charge on any atom is 0.407 e. The molecular formula is C20H30FNO4. The van der Waals surface area contributed by atoms with Crippen molar-refractivity contribution in [3.05, 3.63) is 35.6 Å². The monoisotopic (exact) mass is 367 g/mol. The number of rotatable bonds is 8. The number of alkyl carbamates (subject to hydrolysis) is 1. The molecule has 2 N–H and O–H groups in total. The van der Waals surface area contributed by atoms with Gasteiger partial charge in [-0.2, -0.15) is 0 Å². The van der Waals surface area contributed by atoms with Gasteiger partial charge in [0.05, 0.1) is 0 Å². The van der Waals surface area contributed by atoms with Crippen LogP contribution in [-0.4, -0.2) is 29.3 Å². The molecule has 0 fully saturated rings. The zero-order valence-corrected chi connectivity index (χ0v) is 16.3. The summed E-state index contributed by atoms with van der Waals surface area (Å²) in [7, 11) is 0. The van der Waals surface area contributed by atoms with E-state index in [1.54, 1.807) is 26.8 Å². The lowest BCUT2D eigenvalue weighted by atomic mass is 9.73. The topological polar surface area (TPSA) is 75.6 Å². The van der Waals surface area contributed by atoms with Gasteiger partial charge in [0.25, 0.3) is 0 Å². The van der Waals surface area contributed by atoms with Crippen LogP contribution in [-0.2, 0) is 14.9 Å². The molecule has 0 aliphatic heterocycles. The van der Waals surface area contributed by atoms with Crippen LogP contribution in [0.3, 0.4) is 0 Å². The van der Waals surface area contributed by atoms with Crippen LogP contribution in [0.4, 0.5) is 9.18 Å². The molecule has 5 nitrogen and oxygen atoms in total. The number of nitrogens with one attached hydrogen (secondary N) is 1. The fraction of sp³-hybridized carbons (Fsp3) is 0.600. The van der Waals surface area contributed by atoms with Crippen LogP contribution in [0.15, 0.2) is 24.3 Å². The van der Waals surface area contributed by atoms with Gasteiger partial charge in [0.15, 0.2) is 0 Å². The second kappa shape index (κ2) is 9.01. The Morgan fingerprint density at radius 1 is 1.31 bits per heavy atom. The highest BCUT2D eigenvalue weighted by molar-refractivity contribution is 5.83. The van der Waals surface area contributed by atoms with Gasteiger partial charge < -0.3 is 15.2 Å². The van der Waals surface area contributed by atoms with Crippen LogP contribution in [0.25, 0.3) is 0 Å². The van der Waals surface area contributed by atoms with E-state index in [-0.39, 0.29) is 18.9 Å². The molecule has 1 amide bonds. The van der Waals surface area contributed by atoms with Crippen molar-refractivity contribution in [1.29, 1.82) is 0 Å². The SMILES string of the molecule is CCCC(C)CC(CNC(=O)OC(C)(C)C)(C(=O)O)c1cccc(F)c1. The van der Waals surface area contributed by atoms with E-state index < -0.39 is 28.9 Å². The molecule has 0 bridgehead atoms. The van der Waals surface area contributed by atoms with Crippen molar-refractivity contribution < 1.29 is 23.8 Å². The van der Waals surface area contributed by atoms with E-state index in [1.807, 2.05) is 13.8 Å². The normalized spacial score (nSPS) is 15.0. The molecule has 0 aliphatic rings. The molecule has 0 aliphatic carbocycles. The largest absolute Gasteiger partial charge is 0.481 e. The van der Waals surface area contributed by atoms with E-state index in [1.165, 1.54) is 18.2 Å². The van der Waals surface area contributed by atoms with E-state index in [2.05, 4.69) is 5.32 Å². The van der Waals surface area contributed by atoms with Crippen LogP contribution in [0, 0.1) is 11.7 Å². The number of halogens is 1. The van der Waals surface area contributed by atoms with Gasteiger partial charge in [-0.3, -0.25) is 4.79 Å². The minimum atomic E-state index is -1.42. The first kappa shape index (κ1) is 21.9. The van der Waals surface area contributed by atoms with Crippen molar-refractivity contribution in [3.63, 3.8) is 0 Å². The zero-order valence-electron chi connectivity index (χ0n) is 16.3. The average molecular weight is 367 g/mol. The summed E-state index contributed by atoms with van der Waals surface area (Å²) in [6.45, 7) is 9.01. The number of hydrogen-bond donors (Lipinski definition) is 2. The van der Waals surface area contributed by atoms with Crippen molar-refractivity contribution in [1.82, 2.24) is 5.32 Å². The van der Waals surface area contributed by atoms with Gasteiger partial charge in [-0.15, -0.1) is 0 Å². The Balaban J connectivity index is 3.17. The minimum Gasteiger partial charge on any atom is -0.481 e. The second-order valence-corrected chi connectivity index (χ2v) is 7.85. The molecule has 2 unspecified atom stereocenters. The second-order valence-electron chi connectivity index (χ2n) is 7.85. The molecule has 6 heteroatoms. The highest BCUT2D eigenvalue weighted by Crippen LogP contribution is 2.33. The van der Waals surface area contributed by atoms with Crippen LogP contribution in [0.1, 0.15) is 59.4 Å². The van der Waals surface area contributed by atoms with Crippen LogP contribution >= 0.6 is 0 Å². The molecule has 1 aromatic carbocycles. The quantitative estimate of drug-likeness (QED) is 0.709. The summed E-state index contributed by atoms with van der Waals surface area (Å²) in [5.41, 5.74) is -1.78. The number of carbonyl (C=O) groups is 2. The minimum absolute atomic E-state index is 0.0970. The standard InChI is InChI=1S/C20H30FNO4/c1-6-8-14(2)12-20(17(23)24,15-9-7-10-16(21)11-15)13-22-18(25)26-19(3,4)5/h7,9-11,14H,6,8,12-13H2,1-5H3,(H,22,25)(H,23,24). The van der Waals surface area contributed by atoms with Gasteiger partial charge >= 0.3 is 12.1 Å². The first-order valence-corrected chi connectivity index (χ1v) is 8.96. The number of ether oxygens (including phenoxy) is 1. The zero-order chi connectivity index (χ0) is 20.0. The maximum absolute atomic E-state index is 13.8. The molecule has 1 rings (SSSR count). The molecule has 0 radical (unpaired) electrons. The molecule has 0 heterocycles. The maximum atomic E-state index is 13.8. The van der Waals surface area contributed by atoms with Crippen LogP contribution in [0.2, 0.25) is 0 Å². The number of carboxylic acids is 1. The molecule has 0 spiro atoms. The lowest BCUT2D eigenvalue weighted by Crippen LogP contribution is -2.48. The van der Waals surface area contributed by atoms with Crippen LogP contribution in [0.5, 0.6) is 0 Å². The predicted molar refractivity (Wildman–Crippen MR) is 98.6 cm³/mol. The molecular weight excluding hydrogens is 337 g/mol. The number of carboxylic acid groups (broad SMARTS) is 1. The third-order valence-corrected chi connectivity index (χ3v) is 4.20. The van der Waals surface area contributed by atoms with Gasteiger partial charge in [-0.1, -0.05) is 38.8 Å². The summed E-state index contributed by atoms with van der Waals surface area (Å²) in [5, 5.41) is 12.6. The van der Waals surface area contributed by atoms with Gasteiger partial charge in [0, 0.05) is 6.54 Å². The highest BCUT2D eigenvalue weighted by atomic mass is 19.1. The van der Waals surface area contributed by atoms with Gasteiger partial charge in [0.1, 0.15) is 16.8 Å². The van der Waals surface area contributed by atoms with Gasteiger partial charge in [0.2, 0.25) is 0 Å². The van der Waals surface area contributed by atoms with Gasteiger partial charge in [-0.25, -0.2) is 9.18 Å². The summed E-state index contributed by atoms with van der Waals surface area (Å²) in [6, 6.07) is 5.57. The summed E-state index contributed by atoms with van der Waals surface area (Å²) >= 11 is 0. The highest BCUT2D eigenvalue weighted by Gasteiger charge is 2.42. The lowest BCUT2D eigenvalue weighted by Gasteiger charge is -2.33. The Hall–Kier alpha value is -2.11. The molecule has 1 aromatic rings. The molecule has 146 valence electrons. The molecule has 0 saturated heterocycles. The smallest absolute Gasteiger partial charge is 0.407 e. The first-order chi connectivity index (χ1) is 12.0. The number of carbonyl (C=O) groups excluding carboxylic acids is 1. The Labute approximate surface area is 154 Å². The Bertz CT molecular complexity index is 626. The summed E-state index contributed by atoms with van der Waals surface area (Å²) in [6.07, 6.45) is 1.36. The van der Waals surface area contributed by atoms with Crippen molar-refractivity contribution in [3.8, 4) is 0 Å².